The van der Waals surface area contributed by atoms with Gasteiger partial charge in [-0.25, -0.2) is 0 Å². The van der Waals surface area contributed by atoms with Crippen molar-refractivity contribution in [3.05, 3.63) is 91.5 Å². The minimum atomic E-state index is -0.511. The molecule has 0 unspecified atom stereocenters. The zero-order valence-corrected chi connectivity index (χ0v) is 20.4. The predicted octanol–water partition coefficient (Wildman–Crippen LogP) is 6.39. The normalized spacial score (nSPS) is 10.9. The van der Waals surface area contributed by atoms with Gasteiger partial charge in [0.15, 0.2) is 11.5 Å². The molecule has 0 saturated carbocycles. The van der Waals surface area contributed by atoms with E-state index in [0.717, 1.165) is 14.7 Å². The van der Waals surface area contributed by atoms with E-state index >= 15 is 0 Å². The molecular weight excluding hydrogens is 539 g/mol. The van der Waals surface area contributed by atoms with E-state index in [0.29, 0.717) is 34.4 Å². The van der Waals surface area contributed by atoms with Gasteiger partial charge in [0.25, 0.3) is 5.91 Å². The van der Waals surface area contributed by atoms with E-state index in [2.05, 4.69) is 34.0 Å². The number of methoxy groups -OCH3 is 1. The molecule has 0 spiro atoms. The number of nitrogens with zero attached hydrogens (tertiary/aromatic N) is 1. The summed E-state index contributed by atoms with van der Waals surface area (Å²) in [5, 5.41) is 12.8. The van der Waals surface area contributed by atoms with Gasteiger partial charge in [0.05, 0.1) is 10.7 Å². The molecule has 0 aliphatic rings. The summed E-state index contributed by atoms with van der Waals surface area (Å²) in [7, 11) is 1.55. The standard InChI is InChI=1S/C25H20ClIN2O3/c1-16-4-3-5-17(10-16)15-32-24-22(27)12-18(13-23(24)31-2)11-19(14-28)25(30)29-21-8-6-20(26)7-9-21/h3-13H,15H2,1-2H3,(H,29,30)/b19-11-. The number of rotatable bonds is 7. The van der Waals surface area contributed by atoms with Crippen LogP contribution in [0.1, 0.15) is 16.7 Å². The number of anilines is 1. The van der Waals surface area contributed by atoms with Gasteiger partial charge in [-0.15, -0.1) is 0 Å². The molecule has 0 bridgehead atoms. The third-order valence-electron chi connectivity index (χ3n) is 4.50. The summed E-state index contributed by atoms with van der Waals surface area (Å²) >= 11 is 8.02. The summed E-state index contributed by atoms with van der Waals surface area (Å²) in [4.78, 5) is 12.5. The topological polar surface area (TPSA) is 71.3 Å². The summed E-state index contributed by atoms with van der Waals surface area (Å²) < 4.78 is 12.3. The fourth-order valence-corrected chi connectivity index (χ4v) is 3.87. The highest BCUT2D eigenvalue weighted by molar-refractivity contribution is 14.1. The highest BCUT2D eigenvalue weighted by Gasteiger charge is 2.14. The molecule has 0 aromatic heterocycles. The predicted molar refractivity (Wildman–Crippen MR) is 135 cm³/mol. The maximum absolute atomic E-state index is 12.5. The van der Waals surface area contributed by atoms with Crippen LogP contribution in [0.4, 0.5) is 5.69 Å². The lowest BCUT2D eigenvalue weighted by Gasteiger charge is -2.14. The minimum Gasteiger partial charge on any atom is -0.493 e. The highest BCUT2D eigenvalue weighted by atomic mass is 127. The summed E-state index contributed by atoms with van der Waals surface area (Å²) in [6.45, 7) is 2.43. The maximum Gasteiger partial charge on any atom is 0.266 e. The van der Waals surface area contributed by atoms with Gasteiger partial charge in [0, 0.05) is 10.7 Å². The molecule has 3 aromatic rings. The van der Waals surface area contributed by atoms with Gasteiger partial charge in [-0.1, -0.05) is 41.4 Å². The number of halogens is 2. The van der Waals surface area contributed by atoms with Crippen LogP contribution in [0.3, 0.4) is 0 Å². The molecule has 162 valence electrons. The number of hydrogen-bond acceptors (Lipinski definition) is 4. The average Bonchev–Trinajstić information content (AvgIpc) is 2.77. The van der Waals surface area contributed by atoms with Crippen molar-refractivity contribution in [2.24, 2.45) is 0 Å². The van der Waals surface area contributed by atoms with E-state index in [-0.39, 0.29) is 5.57 Å². The van der Waals surface area contributed by atoms with Gasteiger partial charge < -0.3 is 14.8 Å². The van der Waals surface area contributed by atoms with Gasteiger partial charge in [0.2, 0.25) is 0 Å². The molecular formula is C25H20ClIN2O3. The number of nitrogens with one attached hydrogen (secondary N) is 1. The van der Waals surface area contributed by atoms with Crippen molar-refractivity contribution in [3.8, 4) is 17.6 Å². The first kappa shape index (κ1) is 23.6. The molecule has 0 fully saturated rings. The number of nitriles is 1. The van der Waals surface area contributed by atoms with Gasteiger partial charge in [-0.05, 0) is 83.1 Å². The number of carbonyl (C=O) groups is 1. The zero-order chi connectivity index (χ0) is 23.1. The maximum atomic E-state index is 12.5. The quantitative estimate of drug-likeness (QED) is 0.207. The minimum absolute atomic E-state index is 0.0359. The zero-order valence-electron chi connectivity index (χ0n) is 17.5. The third kappa shape index (κ3) is 6.25. The van der Waals surface area contributed by atoms with E-state index < -0.39 is 5.91 Å². The molecule has 0 radical (unpaired) electrons. The van der Waals surface area contributed by atoms with Crippen LogP contribution >= 0.6 is 34.2 Å². The van der Waals surface area contributed by atoms with Crippen molar-refractivity contribution < 1.29 is 14.3 Å². The van der Waals surface area contributed by atoms with Crippen molar-refractivity contribution >= 4 is 51.9 Å². The van der Waals surface area contributed by atoms with Crippen LogP contribution in [0.15, 0.2) is 66.2 Å². The van der Waals surface area contributed by atoms with Crippen LogP contribution in [0.5, 0.6) is 11.5 Å². The van der Waals surface area contributed by atoms with Crippen LogP contribution in [0.2, 0.25) is 5.02 Å². The molecule has 5 nitrogen and oxygen atoms in total. The fourth-order valence-electron chi connectivity index (χ4n) is 2.97. The van der Waals surface area contributed by atoms with Crippen molar-refractivity contribution in [1.82, 2.24) is 0 Å². The first-order chi connectivity index (χ1) is 15.4. The molecule has 0 heterocycles. The summed E-state index contributed by atoms with van der Waals surface area (Å²) in [5.41, 5.74) is 3.38. The first-order valence-corrected chi connectivity index (χ1v) is 11.1. The Morgan fingerprint density at radius 2 is 1.94 bits per heavy atom. The first-order valence-electron chi connectivity index (χ1n) is 9.64. The molecule has 0 aliphatic heterocycles. The van der Waals surface area contributed by atoms with E-state index in [1.165, 1.54) is 6.08 Å². The Kier molecular flexibility index (Phi) is 8.14. The van der Waals surface area contributed by atoms with Gasteiger partial charge in [0.1, 0.15) is 18.2 Å². The monoisotopic (exact) mass is 558 g/mol. The molecule has 0 aliphatic carbocycles. The lowest BCUT2D eigenvalue weighted by molar-refractivity contribution is -0.112. The number of benzene rings is 3. The SMILES string of the molecule is COc1cc(/C=C(/C#N)C(=O)Nc2ccc(Cl)cc2)cc(I)c1OCc1cccc(C)c1. The van der Waals surface area contributed by atoms with Crippen LogP contribution in [0, 0.1) is 21.8 Å². The second kappa shape index (κ2) is 11.0. The largest absolute Gasteiger partial charge is 0.493 e. The molecule has 1 N–H and O–H groups in total. The number of hydrogen-bond donors (Lipinski definition) is 1. The van der Waals surface area contributed by atoms with E-state index in [9.17, 15) is 10.1 Å². The molecule has 3 rings (SSSR count). The summed E-state index contributed by atoms with van der Waals surface area (Å²) in [6, 6.07) is 20.3. The van der Waals surface area contributed by atoms with Crippen LogP contribution in [-0.2, 0) is 11.4 Å². The number of carbonyl (C=O) groups excluding carboxylic acids is 1. The van der Waals surface area contributed by atoms with Crippen molar-refractivity contribution in [1.29, 1.82) is 5.26 Å². The van der Waals surface area contributed by atoms with Crippen LogP contribution in [-0.4, -0.2) is 13.0 Å². The van der Waals surface area contributed by atoms with E-state index in [1.54, 1.807) is 37.4 Å². The Labute approximate surface area is 205 Å². The third-order valence-corrected chi connectivity index (χ3v) is 5.55. The van der Waals surface area contributed by atoms with Crippen molar-refractivity contribution in [2.45, 2.75) is 13.5 Å². The summed E-state index contributed by atoms with van der Waals surface area (Å²) in [5.74, 6) is 0.616. The van der Waals surface area contributed by atoms with Gasteiger partial charge in [-0.2, -0.15) is 5.26 Å². The Bertz CT molecular complexity index is 1200. The second-order valence-electron chi connectivity index (χ2n) is 6.94. The van der Waals surface area contributed by atoms with E-state index in [1.807, 2.05) is 37.3 Å². The van der Waals surface area contributed by atoms with Crippen molar-refractivity contribution in [3.63, 3.8) is 0 Å². The Hall–Kier alpha value is -3.02. The second-order valence-corrected chi connectivity index (χ2v) is 8.54. The van der Waals surface area contributed by atoms with Crippen LogP contribution < -0.4 is 14.8 Å². The Morgan fingerprint density at radius 3 is 2.59 bits per heavy atom. The smallest absolute Gasteiger partial charge is 0.266 e. The Morgan fingerprint density at radius 1 is 1.19 bits per heavy atom. The molecule has 0 saturated heterocycles. The Balaban J connectivity index is 1.81. The van der Waals surface area contributed by atoms with Gasteiger partial charge in [-0.3, -0.25) is 4.79 Å². The van der Waals surface area contributed by atoms with Gasteiger partial charge >= 0.3 is 0 Å². The molecule has 0 atom stereocenters. The van der Waals surface area contributed by atoms with Crippen molar-refractivity contribution in [2.75, 3.05) is 12.4 Å². The number of ether oxygens (including phenoxy) is 2. The van der Waals surface area contributed by atoms with E-state index in [4.69, 9.17) is 21.1 Å². The average molecular weight is 559 g/mol. The van der Waals surface area contributed by atoms with Crippen LogP contribution in [0.25, 0.3) is 6.08 Å². The lowest BCUT2D eigenvalue weighted by atomic mass is 10.1. The summed E-state index contributed by atoms with van der Waals surface area (Å²) in [6.07, 6.45) is 1.51. The fraction of sp³-hybridized carbons (Fsp3) is 0.120. The molecule has 3 aromatic carbocycles. The number of aryl methyl sites for hydroxylation is 1. The lowest BCUT2D eigenvalue weighted by Crippen LogP contribution is -2.13. The molecule has 32 heavy (non-hydrogen) atoms. The highest BCUT2D eigenvalue weighted by Crippen LogP contribution is 2.35. The molecule has 7 heteroatoms. The number of amides is 1. The molecule has 1 amide bonds.